The Morgan fingerprint density at radius 1 is 1.24 bits per heavy atom. The lowest BCUT2D eigenvalue weighted by Gasteiger charge is -2.72. The molecule has 3 fully saturated rings. The highest BCUT2D eigenvalue weighted by Gasteiger charge is 2.69. The molecule has 29 heavy (non-hydrogen) atoms. The van der Waals surface area contributed by atoms with Crippen LogP contribution in [0.5, 0.6) is 0 Å². The van der Waals surface area contributed by atoms with Gasteiger partial charge in [0.25, 0.3) is 0 Å². The summed E-state index contributed by atoms with van der Waals surface area (Å²) in [5, 5.41) is 17.4. The molecular weight excluding hydrogens is 390 g/mol. The van der Waals surface area contributed by atoms with Gasteiger partial charge in [-0.05, 0) is 59.7 Å². The van der Waals surface area contributed by atoms with Crippen LogP contribution in [0.1, 0.15) is 51.3 Å². The van der Waals surface area contributed by atoms with E-state index in [4.69, 9.17) is 21.1 Å². The van der Waals surface area contributed by atoms with E-state index in [-0.39, 0.29) is 5.54 Å². The van der Waals surface area contributed by atoms with E-state index in [1.54, 1.807) is 18.9 Å². The molecule has 1 unspecified atom stereocenters. The van der Waals surface area contributed by atoms with Crippen molar-refractivity contribution in [3.63, 3.8) is 0 Å². The van der Waals surface area contributed by atoms with Gasteiger partial charge in [0.15, 0.2) is 5.82 Å². The smallest absolute Gasteiger partial charge is 0.179 e. The van der Waals surface area contributed by atoms with Crippen LogP contribution in [0.2, 0.25) is 5.02 Å². The molecule has 1 N–H and O–H groups in total. The molecule has 5 rings (SSSR count). The molecule has 0 aliphatic heterocycles. The summed E-state index contributed by atoms with van der Waals surface area (Å²) in [6.07, 6.45) is 6.43. The fourth-order valence-electron chi connectivity index (χ4n) is 5.49. The number of methoxy groups -OCH3 is 2. The molecule has 1 aromatic heterocycles. The van der Waals surface area contributed by atoms with Crippen molar-refractivity contribution in [3.05, 3.63) is 35.1 Å². The van der Waals surface area contributed by atoms with E-state index in [1.165, 1.54) is 0 Å². The number of hydrogen-bond donors (Lipinski definition) is 1. The lowest BCUT2D eigenvalue weighted by molar-refractivity contribution is -0.199. The van der Waals surface area contributed by atoms with E-state index < -0.39 is 5.54 Å². The van der Waals surface area contributed by atoms with Crippen LogP contribution >= 0.6 is 11.6 Å². The summed E-state index contributed by atoms with van der Waals surface area (Å²) in [5.74, 6) is 0.778. The predicted octanol–water partition coefficient (Wildman–Crippen LogP) is 3.51. The molecule has 2 aromatic rings. The summed E-state index contributed by atoms with van der Waals surface area (Å²) in [6, 6.07) is 7.62. The van der Waals surface area contributed by atoms with Crippen molar-refractivity contribution in [1.29, 1.82) is 0 Å². The van der Waals surface area contributed by atoms with Gasteiger partial charge >= 0.3 is 0 Å². The fraction of sp³-hybridized carbons (Fsp3) is 0.667. The van der Waals surface area contributed by atoms with Crippen LogP contribution in [0, 0.1) is 5.41 Å². The molecule has 3 saturated carbocycles. The van der Waals surface area contributed by atoms with Gasteiger partial charge in [-0.3, -0.25) is 5.32 Å². The van der Waals surface area contributed by atoms with E-state index in [0.717, 1.165) is 56.6 Å². The van der Waals surface area contributed by atoms with Crippen LogP contribution in [0.3, 0.4) is 0 Å². The zero-order valence-corrected chi connectivity index (χ0v) is 18.2. The van der Waals surface area contributed by atoms with E-state index >= 15 is 0 Å². The summed E-state index contributed by atoms with van der Waals surface area (Å²) < 4.78 is 13.0. The van der Waals surface area contributed by atoms with Crippen molar-refractivity contribution in [1.82, 2.24) is 25.5 Å². The van der Waals surface area contributed by atoms with Crippen LogP contribution in [0.25, 0.3) is 5.69 Å². The highest BCUT2D eigenvalue weighted by Crippen LogP contribution is 2.68. The Morgan fingerprint density at radius 3 is 2.69 bits per heavy atom. The molecule has 1 heterocycles. The van der Waals surface area contributed by atoms with Gasteiger partial charge in [0.05, 0.1) is 18.9 Å². The molecule has 3 aliphatic carbocycles. The summed E-state index contributed by atoms with van der Waals surface area (Å²) in [5.41, 5.74) is 0.862. The molecule has 1 atom stereocenters. The minimum absolute atomic E-state index is 0.121. The van der Waals surface area contributed by atoms with Gasteiger partial charge in [-0.15, -0.1) is 5.10 Å². The fourth-order valence-corrected chi connectivity index (χ4v) is 5.68. The van der Waals surface area contributed by atoms with E-state index in [1.807, 2.05) is 24.3 Å². The van der Waals surface area contributed by atoms with Crippen LogP contribution in [0.15, 0.2) is 24.3 Å². The molecule has 0 amide bonds. The number of ether oxygens (including phenoxy) is 2. The Hall–Kier alpha value is -1.54. The first kappa shape index (κ1) is 20.7. The zero-order valence-electron chi connectivity index (χ0n) is 17.4. The summed E-state index contributed by atoms with van der Waals surface area (Å²) in [4.78, 5) is 0. The molecule has 2 bridgehead atoms. The largest absolute Gasteiger partial charge is 0.384 e. The van der Waals surface area contributed by atoms with E-state index in [2.05, 4.69) is 27.8 Å². The summed E-state index contributed by atoms with van der Waals surface area (Å²) in [6.45, 7) is 3.54. The van der Waals surface area contributed by atoms with Gasteiger partial charge in [-0.2, -0.15) is 4.68 Å². The second-order valence-electron chi connectivity index (χ2n) is 8.88. The average Bonchev–Trinajstić information content (AvgIpc) is 3.14. The number of nitrogens with one attached hydrogen (secondary N) is 1. The predicted molar refractivity (Wildman–Crippen MR) is 111 cm³/mol. The number of hydrogen-bond acceptors (Lipinski definition) is 6. The van der Waals surface area contributed by atoms with Crippen molar-refractivity contribution in [2.75, 3.05) is 27.4 Å². The van der Waals surface area contributed by atoms with Gasteiger partial charge < -0.3 is 9.47 Å². The number of benzene rings is 1. The lowest BCUT2D eigenvalue weighted by atomic mass is 9.39. The van der Waals surface area contributed by atoms with Crippen molar-refractivity contribution < 1.29 is 9.47 Å². The van der Waals surface area contributed by atoms with Gasteiger partial charge in [0.1, 0.15) is 5.54 Å². The molecule has 1 aromatic carbocycles. The topological polar surface area (TPSA) is 74.1 Å². The molecule has 0 spiro atoms. The molecule has 3 aliphatic rings. The van der Waals surface area contributed by atoms with Crippen molar-refractivity contribution in [2.45, 2.75) is 56.5 Å². The van der Waals surface area contributed by atoms with Gasteiger partial charge in [0.2, 0.25) is 0 Å². The first-order chi connectivity index (χ1) is 14.0. The van der Waals surface area contributed by atoms with Gasteiger partial charge in [-0.25, -0.2) is 0 Å². The highest BCUT2D eigenvalue weighted by molar-refractivity contribution is 6.30. The van der Waals surface area contributed by atoms with Gasteiger partial charge in [0, 0.05) is 24.8 Å². The maximum absolute atomic E-state index is 6.23. The number of halogens is 1. The molecule has 7 nitrogen and oxygen atoms in total. The zero-order chi connectivity index (χ0) is 20.5. The van der Waals surface area contributed by atoms with Crippen molar-refractivity contribution in [3.8, 4) is 5.69 Å². The third kappa shape index (κ3) is 3.69. The third-order valence-corrected chi connectivity index (χ3v) is 6.63. The molecule has 0 saturated heterocycles. The summed E-state index contributed by atoms with van der Waals surface area (Å²) >= 11 is 6.23. The van der Waals surface area contributed by atoms with E-state index in [0.29, 0.717) is 17.0 Å². The SMILES string of the molecule is CCCCC(COC)(NC12CC(COC)(C1)C2)c1nnnn1-c1cccc(Cl)c1. The average molecular weight is 420 g/mol. The maximum atomic E-state index is 6.23. The quantitative estimate of drug-likeness (QED) is 0.600. The second kappa shape index (κ2) is 7.95. The summed E-state index contributed by atoms with van der Waals surface area (Å²) in [7, 11) is 3.53. The van der Waals surface area contributed by atoms with Crippen LogP contribution in [0.4, 0.5) is 0 Å². The third-order valence-electron chi connectivity index (χ3n) is 6.39. The number of nitrogens with zero attached hydrogens (tertiary/aromatic N) is 4. The Balaban J connectivity index is 1.68. The highest BCUT2D eigenvalue weighted by atomic mass is 35.5. The Morgan fingerprint density at radius 2 is 2.03 bits per heavy atom. The number of aromatic nitrogens is 4. The van der Waals surface area contributed by atoms with Crippen molar-refractivity contribution in [2.24, 2.45) is 5.41 Å². The number of rotatable bonds is 11. The normalized spacial score (nSPS) is 27.2. The van der Waals surface area contributed by atoms with Crippen LogP contribution in [-0.4, -0.2) is 53.2 Å². The monoisotopic (exact) mass is 419 g/mol. The first-order valence-corrected chi connectivity index (χ1v) is 10.7. The van der Waals surface area contributed by atoms with Crippen LogP contribution < -0.4 is 5.32 Å². The Labute approximate surface area is 177 Å². The Kier molecular flexibility index (Phi) is 5.68. The number of tetrazole rings is 1. The minimum atomic E-state index is -0.462. The molecule has 8 heteroatoms. The molecule has 0 radical (unpaired) electrons. The molecular formula is C21H30ClN5O2. The van der Waals surface area contributed by atoms with Gasteiger partial charge in [-0.1, -0.05) is 37.4 Å². The molecule has 158 valence electrons. The minimum Gasteiger partial charge on any atom is -0.384 e. The van der Waals surface area contributed by atoms with Crippen LogP contribution in [-0.2, 0) is 15.0 Å². The number of unbranched alkanes of at least 4 members (excludes halogenated alkanes) is 1. The second-order valence-corrected chi connectivity index (χ2v) is 9.32. The standard InChI is InChI=1S/C21H30ClN5O2/c1-4-5-9-21(15-29-3,24-20-11-19(12-20,13-20)14-28-2)18-23-25-26-27(18)17-8-6-7-16(22)10-17/h6-8,10,24H,4-5,9,11-15H2,1-3H3. The van der Waals surface area contributed by atoms with E-state index in [9.17, 15) is 0 Å². The lowest BCUT2D eigenvalue weighted by Crippen LogP contribution is -2.78. The van der Waals surface area contributed by atoms with Crippen molar-refractivity contribution >= 4 is 11.6 Å². The Bertz CT molecular complexity index is 837. The maximum Gasteiger partial charge on any atom is 0.179 e. The first-order valence-electron chi connectivity index (χ1n) is 10.3.